The zero-order valence-corrected chi connectivity index (χ0v) is 10.1. The maximum atomic E-state index is 2.77. The fourth-order valence-electron chi connectivity index (χ4n) is 3.10. The van der Waals surface area contributed by atoms with E-state index in [2.05, 4.69) is 25.7 Å². The van der Waals surface area contributed by atoms with Crippen molar-refractivity contribution in [2.24, 2.45) is 11.3 Å². The normalized spacial score (nSPS) is 35.4. The molecule has 14 heavy (non-hydrogen) atoms. The van der Waals surface area contributed by atoms with Gasteiger partial charge in [-0.3, -0.25) is 0 Å². The predicted molar refractivity (Wildman–Crippen MR) is 61.4 cm³/mol. The van der Waals surface area contributed by atoms with Crippen LogP contribution in [0.1, 0.15) is 52.9 Å². The minimum Gasteiger partial charge on any atom is -0.300 e. The topological polar surface area (TPSA) is 3.24 Å². The maximum Gasteiger partial charge on any atom is 0.00954 e. The molecule has 0 spiro atoms. The third kappa shape index (κ3) is 2.13. The van der Waals surface area contributed by atoms with Crippen LogP contribution in [0.25, 0.3) is 0 Å². The lowest BCUT2D eigenvalue weighted by atomic mass is 9.74. The Labute approximate surface area is 88.9 Å². The van der Waals surface area contributed by atoms with Gasteiger partial charge in [0.25, 0.3) is 0 Å². The lowest BCUT2D eigenvalue weighted by Gasteiger charge is -2.46. The zero-order chi connectivity index (χ0) is 10.2. The Balaban J connectivity index is 1.96. The van der Waals surface area contributed by atoms with Gasteiger partial charge in [0.15, 0.2) is 0 Å². The van der Waals surface area contributed by atoms with Crippen LogP contribution in [0.3, 0.4) is 0 Å². The predicted octanol–water partition coefficient (Wildman–Crippen LogP) is 3.30. The SMILES string of the molecule is CC(C)(C)C1CCC2CCCCN2C1. The van der Waals surface area contributed by atoms with Crippen molar-refractivity contribution in [1.29, 1.82) is 0 Å². The molecule has 0 aromatic carbocycles. The standard InChI is InChI=1S/C13H25N/c1-13(2,3)11-7-8-12-6-4-5-9-14(12)10-11/h11-12H,4-10H2,1-3H3. The molecule has 2 unspecified atom stereocenters. The van der Waals surface area contributed by atoms with Gasteiger partial charge in [-0.25, -0.2) is 0 Å². The number of piperidine rings is 2. The van der Waals surface area contributed by atoms with Crippen molar-refractivity contribution in [3.05, 3.63) is 0 Å². The molecule has 0 aliphatic carbocycles. The summed E-state index contributed by atoms with van der Waals surface area (Å²) in [4.78, 5) is 2.77. The quantitative estimate of drug-likeness (QED) is 0.573. The fraction of sp³-hybridized carbons (Fsp3) is 1.00. The summed E-state index contributed by atoms with van der Waals surface area (Å²) in [6.45, 7) is 9.96. The van der Waals surface area contributed by atoms with E-state index in [1.807, 2.05) is 0 Å². The van der Waals surface area contributed by atoms with Gasteiger partial charge in [-0.05, 0) is 43.6 Å². The van der Waals surface area contributed by atoms with Crippen molar-refractivity contribution in [2.45, 2.75) is 58.9 Å². The highest BCUT2D eigenvalue weighted by Crippen LogP contribution is 2.37. The molecule has 1 nitrogen and oxygen atoms in total. The van der Waals surface area contributed by atoms with Crippen LogP contribution in [0.4, 0.5) is 0 Å². The summed E-state index contributed by atoms with van der Waals surface area (Å²) in [5.41, 5.74) is 0.516. The van der Waals surface area contributed by atoms with Gasteiger partial charge in [0.2, 0.25) is 0 Å². The van der Waals surface area contributed by atoms with Crippen molar-refractivity contribution >= 4 is 0 Å². The lowest BCUT2D eigenvalue weighted by molar-refractivity contribution is 0.0341. The van der Waals surface area contributed by atoms with Crippen molar-refractivity contribution in [3.63, 3.8) is 0 Å². The second-order valence-corrected chi connectivity index (χ2v) is 6.28. The van der Waals surface area contributed by atoms with E-state index in [0.29, 0.717) is 5.41 Å². The van der Waals surface area contributed by atoms with Crippen LogP contribution >= 0.6 is 0 Å². The summed E-state index contributed by atoms with van der Waals surface area (Å²) in [5, 5.41) is 0. The molecule has 0 aromatic heterocycles. The third-order valence-corrected chi connectivity index (χ3v) is 4.28. The van der Waals surface area contributed by atoms with Crippen LogP contribution in [0.5, 0.6) is 0 Å². The molecule has 1 heteroatoms. The van der Waals surface area contributed by atoms with E-state index in [1.165, 1.54) is 45.2 Å². The molecule has 0 radical (unpaired) electrons. The Morgan fingerprint density at radius 1 is 1.00 bits per heavy atom. The van der Waals surface area contributed by atoms with E-state index in [4.69, 9.17) is 0 Å². The summed E-state index contributed by atoms with van der Waals surface area (Å²) in [6.07, 6.45) is 7.30. The summed E-state index contributed by atoms with van der Waals surface area (Å²) in [5.74, 6) is 0.928. The molecule has 2 atom stereocenters. The molecule has 2 aliphatic rings. The lowest BCUT2D eigenvalue weighted by Crippen LogP contribution is -2.48. The van der Waals surface area contributed by atoms with E-state index < -0.39 is 0 Å². The number of fused-ring (bicyclic) bond motifs is 1. The van der Waals surface area contributed by atoms with E-state index in [-0.39, 0.29) is 0 Å². The highest BCUT2D eigenvalue weighted by Gasteiger charge is 2.34. The van der Waals surface area contributed by atoms with Gasteiger partial charge in [-0.15, -0.1) is 0 Å². The summed E-state index contributed by atoms with van der Waals surface area (Å²) < 4.78 is 0. The monoisotopic (exact) mass is 195 g/mol. The molecular weight excluding hydrogens is 170 g/mol. The van der Waals surface area contributed by atoms with Crippen LogP contribution in [0.15, 0.2) is 0 Å². The Morgan fingerprint density at radius 2 is 1.79 bits per heavy atom. The summed E-state index contributed by atoms with van der Waals surface area (Å²) >= 11 is 0. The molecule has 0 N–H and O–H groups in total. The van der Waals surface area contributed by atoms with Gasteiger partial charge >= 0.3 is 0 Å². The molecule has 82 valence electrons. The summed E-state index contributed by atoms with van der Waals surface area (Å²) in [7, 11) is 0. The van der Waals surface area contributed by atoms with Crippen LogP contribution in [-0.2, 0) is 0 Å². The molecule has 0 aromatic rings. The Kier molecular flexibility index (Phi) is 2.88. The minimum absolute atomic E-state index is 0.516. The molecule has 0 amide bonds. The summed E-state index contributed by atoms with van der Waals surface area (Å²) in [6, 6.07) is 0.947. The van der Waals surface area contributed by atoms with Crippen molar-refractivity contribution < 1.29 is 0 Å². The average Bonchev–Trinajstić information content (AvgIpc) is 2.16. The largest absolute Gasteiger partial charge is 0.300 e. The van der Waals surface area contributed by atoms with Gasteiger partial charge in [0, 0.05) is 12.6 Å². The first-order valence-electron chi connectivity index (χ1n) is 6.31. The zero-order valence-electron chi connectivity index (χ0n) is 10.1. The molecular formula is C13H25N. The molecule has 2 aliphatic heterocycles. The number of rotatable bonds is 0. The molecule has 2 heterocycles. The van der Waals surface area contributed by atoms with Gasteiger partial charge < -0.3 is 4.90 Å². The van der Waals surface area contributed by atoms with E-state index in [0.717, 1.165) is 12.0 Å². The second-order valence-electron chi connectivity index (χ2n) is 6.28. The third-order valence-electron chi connectivity index (χ3n) is 4.28. The van der Waals surface area contributed by atoms with Crippen LogP contribution in [0, 0.1) is 11.3 Å². The molecule has 2 saturated heterocycles. The van der Waals surface area contributed by atoms with Gasteiger partial charge in [0.1, 0.15) is 0 Å². The fourth-order valence-corrected chi connectivity index (χ4v) is 3.10. The van der Waals surface area contributed by atoms with Crippen LogP contribution < -0.4 is 0 Å². The van der Waals surface area contributed by atoms with Crippen LogP contribution in [-0.4, -0.2) is 24.0 Å². The molecule has 0 bridgehead atoms. The van der Waals surface area contributed by atoms with E-state index >= 15 is 0 Å². The van der Waals surface area contributed by atoms with Crippen molar-refractivity contribution in [2.75, 3.05) is 13.1 Å². The molecule has 2 fully saturated rings. The second kappa shape index (κ2) is 3.84. The Bertz CT molecular complexity index is 192. The molecule has 0 saturated carbocycles. The van der Waals surface area contributed by atoms with Crippen LogP contribution in [0.2, 0.25) is 0 Å². The Morgan fingerprint density at radius 3 is 2.50 bits per heavy atom. The highest BCUT2D eigenvalue weighted by atomic mass is 15.2. The first kappa shape index (κ1) is 10.5. The first-order chi connectivity index (χ1) is 6.57. The average molecular weight is 195 g/mol. The van der Waals surface area contributed by atoms with E-state index in [1.54, 1.807) is 0 Å². The minimum atomic E-state index is 0.516. The van der Waals surface area contributed by atoms with Gasteiger partial charge in [0.05, 0.1) is 0 Å². The van der Waals surface area contributed by atoms with Crippen molar-refractivity contribution in [1.82, 2.24) is 4.90 Å². The first-order valence-corrected chi connectivity index (χ1v) is 6.31. The number of nitrogens with zero attached hydrogens (tertiary/aromatic N) is 1. The highest BCUT2D eigenvalue weighted by molar-refractivity contribution is 4.88. The number of hydrogen-bond donors (Lipinski definition) is 0. The van der Waals surface area contributed by atoms with Gasteiger partial charge in [-0.1, -0.05) is 27.2 Å². The van der Waals surface area contributed by atoms with Crippen molar-refractivity contribution in [3.8, 4) is 0 Å². The molecule has 2 rings (SSSR count). The van der Waals surface area contributed by atoms with Gasteiger partial charge in [-0.2, -0.15) is 0 Å². The number of hydrogen-bond acceptors (Lipinski definition) is 1. The smallest absolute Gasteiger partial charge is 0.00954 e. The van der Waals surface area contributed by atoms with E-state index in [9.17, 15) is 0 Å². The maximum absolute atomic E-state index is 2.77. The Hall–Kier alpha value is -0.0400.